The molecule has 4 heterocycles. The summed E-state index contributed by atoms with van der Waals surface area (Å²) in [5, 5.41) is 5.43. The number of piperidine rings is 2. The Morgan fingerprint density at radius 2 is 1.11 bits per heavy atom. The van der Waals surface area contributed by atoms with Crippen LogP contribution in [0.5, 0.6) is 23.0 Å². The molecule has 2 saturated heterocycles. The van der Waals surface area contributed by atoms with Gasteiger partial charge >= 0.3 is 11.9 Å². The number of benzene rings is 2. The fraction of sp³-hybridized carbons (Fsp3) is 0.571. The zero-order valence-electron chi connectivity index (χ0n) is 33.9. The molecule has 0 radical (unpaired) electrons. The van der Waals surface area contributed by atoms with Gasteiger partial charge in [0, 0.05) is 36.0 Å². The van der Waals surface area contributed by atoms with Gasteiger partial charge in [0.2, 0.25) is 0 Å². The normalized spacial score (nSPS) is 18.3. The SMILES string of the molecule is CCOC(=O)C1(C2CCN(c3ncnc4cc(OC)c(OC)cc34)CC2)CC1.CCOC(=O)C1(C2CCNCC2)CC1.COc1cc2ncnc(Cl)c2cc1OC. The Kier molecular flexibility index (Phi) is 13.8. The molecular formula is C42H55ClN6O8. The summed E-state index contributed by atoms with van der Waals surface area (Å²) < 4.78 is 31.7. The molecule has 4 fully saturated rings. The minimum atomic E-state index is -0.230. The van der Waals surface area contributed by atoms with Crippen molar-refractivity contribution in [1.29, 1.82) is 0 Å². The number of carbonyl (C=O) groups is 2. The lowest BCUT2D eigenvalue weighted by Crippen LogP contribution is -2.40. The van der Waals surface area contributed by atoms with Crippen LogP contribution in [0, 0.1) is 22.7 Å². The maximum atomic E-state index is 12.4. The predicted molar refractivity (Wildman–Crippen MR) is 217 cm³/mol. The second kappa shape index (κ2) is 18.7. The molecule has 57 heavy (non-hydrogen) atoms. The number of fused-ring (bicyclic) bond motifs is 2. The van der Waals surface area contributed by atoms with E-state index in [9.17, 15) is 9.59 Å². The molecule has 0 bridgehead atoms. The van der Waals surface area contributed by atoms with Crippen molar-refractivity contribution in [2.24, 2.45) is 22.7 Å². The first-order chi connectivity index (χ1) is 27.7. The van der Waals surface area contributed by atoms with Gasteiger partial charge in [0.1, 0.15) is 23.6 Å². The first-order valence-electron chi connectivity index (χ1n) is 19.9. The third-order valence-electron chi connectivity index (χ3n) is 11.8. The highest BCUT2D eigenvalue weighted by molar-refractivity contribution is 6.34. The highest BCUT2D eigenvalue weighted by Gasteiger charge is 2.57. The molecular weight excluding hydrogens is 752 g/mol. The van der Waals surface area contributed by atoms with Crippen molar-refractivity contribution in [3.05, 3.63) is 42.1 Å². The van der Waals surface area contributed by atoms with Crippen molar-refractivity contribution >= 4 is 51.2 Å². The molecule has 1 N–H and O–H groups in total. The third kappa shape index (κ3) is 9.07. The van der Waals surface area contributed by atoms with Gasteiger partial charge < -0.3 is 38.6 Å². The van der Waals surface area contributed by atoms with E-state index in [2.05, 4.69) is 30.2 Å². The number of hydrogen-bond acceptors (Lipinski definition) is 14. The van der Waals surface area contributed by atoms with Crippen LogP contribution < -0.4 is 29.2 Å². The van der Waals surface area contributed by atoms with Crippen LogP contribution in [0.25, 0.3) is 21.8 Å². The molecule has 4 aliphatic rings. The number of anilines is 1. The van der Waals surface area contributed by atoms with E-state index in [4.69, 9.17) is 40.0 Å². The zero-order chi connectivity index (χ0) is 40.6. The molecule has 0 atom stereocenters. The van der Waals surface area contributed by atoms with E-state index >= 15 is 0 Å². The number of nitrogens with zero attached hydrogens (tertiary/aromatic N) is 5. The maximum Gasteiger partial charge on any atom is 0.312 e. The molecule has 0 unspecified atom stereocenters. The molecule has 2 aliphatic carbocycles. The van der Waals surface area contributed by atoms with E-state index in [-0.39, 0.29) is 22.8 Å². The largest absolute Gasteiger partial charge is 0.493 e. The standard InChI is InChI=1S/C21H27N3O4.C11H19NO2.C10H9ClN2O2/c1-4-28-20(25)21(7-8-21)14-5-9-24(10-6-14)19-15-11-17(26-2)18(27-3)12-16(15)22-13-23-19;1-2-14-10(13)11(5-6-11)9-3-7-12-8-4-9;1-14-8-3-6-7(4-9(8)15-2)12-5-13-10(6)11/h11-14H,4-10H2,1-3H3;9,12H,2-8H2,1H3;3-5H,1-2H3. The quantitative estimate of drug-likeness (QED) is 0.124. The summed E-state index contributed by atoms with van der Waals surface area (Å²) in [5.74, 6) is 4.49. The first kappa shape index (κ1) is 41.9. The summed E-state index contributed by atoms with van der Waals surface area (Å²) in [6, 6.07) is 7.35. The number of nitrogens with one attached hydrogen (secondary N) is 1. The minimum Gasteiger partial charge on any atom is -0.493 e. The molecule has 2 aliphatic heterocycles. The van der Waals surface area contributed by atoms with E-state index in [1.165, 1.54) is 6.33 Å². The topological polar surface area (TPSA) is 156 Å². The second-order valence-electron chi connectivity index (χ2n) is 14.8. The van der Waals surface area contributed by atoms with Crippen molar-refractivity contribution in [1.82, 2.24) is 25.3 Å². The van der Waals surface area contributed by atoms with Crippen LogP contribution in [0.3, 0.4) is 0 Å². The van der Waals surface area contributed by atoms with Crippen LogP contribution in [0.15, 0.2) is 36.9 Å². The maximum absolute atomic E-state index is 12.4. The monoisotopic (exact) mass is 806 g/mol. The van der Waals surface area contributed by atoms with Gasteiger partial charge in [-0.3, -0.25) is 9.59 Å². The van der Waals surface area contributed by atoms with Crippen LogP contribution in [-0.2, 0) is 19.1 Å². The fourth-order valence-corrected chi connectivity index (χ4v) is 8.56. The van der Waals surface area contributed by atoms with E-state index in [0.29, 0.717) is 53.2 Å². The summed E-state index contributed by atoms with van der Waals surface area (Å²) >= 11 is 5.93. The van der Waals surface area contributed by atoms with Crippen LogP contribution in [0.4, 0.5) is 5.82 Å². The average Bonchev–Trinajstić information content (AvgIpc) is 4.20. The number of methoxy groups -OCH3 is 4. The number of carbonyl (C=O) groups excluding carboxylic acids is 2. The molecule has 14 nitrogen and oxygen atoms in total. The third-order valence-corrected chi connectivity index (χ3v) is 12.2. The molecule has 2 aromatic carbocycles. The van der Waals surface area contributed by atoms with Gasteiger partial charge in [-0.15, -0.1) is 0 Å². The lowest BCUT2D eigenvalue weighted by Gasteiger charge is -2.36. The minimum absolute atomic E-state index is 0.00207. The Morgan fingerprint density at radius 1 is 0.667 bits per heavy atom. The summed E-state index contributed by atoms with van der Waals surface area (Å²) in [6.45, 7) is 8.59. The van der Waals surface area contributed by atoms with E-state index in [1.54, 1.807) is 46.9 Å². The number of esters is 2. The Hall–Kier alpha value is -4.69. The van der Waals surface area contributed by atoms with Crippen LogP contribution >= 0.6 is 11.6 Å². The predicted octanol–water partition coefficient (Wildman–Crippen LogP) is 6.84. The average molecular weight is 807 g/mol. The van der Waals surface area contributed by atoms with Crippen LogP contribution in [0.1, 0.15) is 65.2 Å². The fourth-order valence-electron chi connectivity index (χ4n) is 8.37. The molecule has 2 aromatic heterocycles. The van der Waals surface area contributed by atoms with E-state index < -0.39 is 0 Å². The molecule has 308 valence electrons. The number of halogens is 1. The highest BCUT2D eigenvalue weighted by Crippen LogP contribution is 2.57. The Morgan fingerprint density at radius 3 is 1.58 bits per heavy atom. The van der Waals surface area contributed by atoms with E-state index in [1.807, 2.05) is 26.0 Å². The zero-order valence-corrected chi connectivity index (χ0v) is 34.7. The van der Waals surface area contributed by atoms with E-state index in [0.717, 1.165) is 105 Å². The second-order valence-corrected chi connectivity index (χ2v) is 15.2. The summed E-state index contributed by atoms with van der Waals surface area (Å²) in [7, 11) is 6.39. The Balaban J connectivity index is 0.000000159. The highest BCUT2D eigenvalue weighted by atomic mass is 35.5. The van der Waals surface area contributed by atoms with Gasteiger partial charge in [-0.1, -0.05) is 11.6 Å². The van der Waals surface area contributed by atoms with Gasteiger partial charge in [0.05, 0.1) is 63.5 Å². The summed E-state index contributed by atoms with van der Waals surface area (Å²) in [5.41, 5.74) is 1.26. The first-order valence-corrected chi connectivity index (χ1v) is 20.2. The van der Waals surface area contributed by atoms with Crippen LogP contribution in [0.2, 0.25) is 5.15 Å². The van der Waals surface area contributed by atoms with Crippen molar-refractivity contribution in [2.45, 2.75) is 65.2 Å². The van der Waals surface area contributed by atoms with Crippen molar-refractivity contribution in [3.8, 4) is 23.0 Å². The Labute approximate surface area is 339 Å². The van der Waals surface area contributed by atoms with Crippen molar-refractivity contribution in [3.63, 3.8) is 0 Å². The Bertz CT molecular complexity index is 2010. The molecule has 0 spiro atoms. The van der Waals surface area contributed by atoms with Crippen LogP contribution in [-0.4, -0.2) is 99.7 Å². The number of hydrogen-bond donors (Lipinski definition) is 1. The van der Waals surface area contributed by atoms with Gasteiger partial charge in [-0.2, -0.15) is 0 Å². The number of aromatic nitrogens is 4. The molecule has 4 aromatic rings. The van der Waals surface area contributed by atoms with Gasteiger partial charge in [-0.25, -0.2) is 19.9 Å². The van der Waals surface area contributed by atoms with Crippen molar-refractivity contribution < 1.29 is 38.0 Å². The smallest absolute Gasteiger partial charge is 0.312 e. The molecule has 2 saturated carbocycles. The lowest BCUT2D eigenvalue weighted by molar-refractivity contribution is -0.153. The van der Waals surface area contributed by atoms with Gasteiger partial charge in [0.25, 0.3) is 0 Å². The summed E-state index contributed by atoms with van der Waals surface area (Å²) in [4.78, 5) is 43.4. The van der Waals surface area contributed by atoms with Gasteiger partial charge in [-0.05, 0) is 102 Å². The lowest BCUT2D eigenvalue weighted by atomic mass is 9.81. The molecule has 8 rings (SSSR count). The van der Waals surface area contributed by atoms with Gasteiger partial charge in [0.15, 0.2) is 23.0 Å². The summed E-state index contributed by atoms with van der Waals surface area (Å²) in [6.07, 6.45) is 11.3. The number of rotatable bonds is 11. The number of ether oxygens (including phenoxy) is 6. The molecule has 15 heteroatoms. The van der Waals surface area contributed by atoms with Crippen molar-refractivity contribution in [2.75, 3.05) is 72.7 Å². The molecule has 0 amide bonds.